The van der Waals surface area contributed by atoms with E-state index < -0.39 is 11.6 Å². The number of aliphatic imine (C=N–C) groups is 1. The lowest BCUT2D eigenvalue weighted by atomic mass is 9.89. The number of guanidine groups is 1. The number of rotatable bonds is 6. The second kappa shape index (κ2) is 9.28. The van der Waals surface area contributed by atoms with Gasteiger partial charge in [-0.05, 0) is 46.9 Å². The predicted octanol–water partition coefficient (Wildman–Crippen LogP) is 2.69. The van der Waals surface area contributed by atoms with E-state index >= 15 is 0 Å². The summed E-state index contributed by atoms with van der Waals surface area (Å²) >= 11 is 0. The maximum absolute atomic E-state index is 14.0. The van der Waals surface area contributed by atoms with Crippen LogP contribution in [0.4, 0.5) is 8.78 Å². The Morgan fingerprint density at radius 1 is 1.31 bits per heavy atom. The Hall–Kier alpha value is -1.73. The normalized spacial score (nSPS) is 18.7. The molecule has 0 saturated carbocycles. The summed E-state index contributed by atoms with van der Waals surface area (Å²) in [5, 5.41) is 6.42. The largest absolute Gasteiger partial charge is 0.381 e. The number of likely N-dealkylation sites (N-methyl/N-ethyl adjacent to an activating group) is 1. The SMILES string of the molecule is CCNC(=NCC1(N(C)C)CCOCC1)NC(C)c1ccc(F)cc1F. The maximum atomic E-state index is 14.0. The molecule has 146 valence electrons. The summed E-state index contributed by atoms with van der Waals surface area (Å²) in [6.45, 7) is 6.60. The van der Waals surface area contributed by atoms with Gasteiger partial charge in [0.2, 0.25) is 0 Å². The van der Waals surface area contributed by atoms with Crippen LogP contribution < -0.4 is 10.6 Å². The third kappa shape index (κ3) is 5.14. The van der Waals surface area contributed by atoms with E-state index in [1.807, 2.05) is 13.8 Å². The molecule has 0 spiro atoms. The summed E-state index contributed by atoms with van der Waals surface area (Å²) in [5.41, 5.74) is 0.371. The lowest BCUT2D eigenvalue weighted by Crippen LogP contribution is -2.51. The van der Waals surface area contributed by atoms with Gasteiger partial charge in [-0.2, -0.15) is 0 Å². The third-order valence-electron chi connectivity index (χ3n) is 5.03. The molecule has 0 radical (unpaired) electrons. The van der Waals surface area contributed by atoms with Gasteiger partial charge in [0, 0.05) is 36.9 Å². The van der Waals surface area contributed by atoms with Crippen molar-refractivity contribution in [3.63, 3.8) is 0 Å². The molecule has 0 aliphatic carbocycles. The second-order valence-corrected chi connectivity index (χ2v) is 6.96. The average molecular weight is 368 g/mol. The average Bonchev–Trinajstić information content (AvgIpc) is 2.60. The van der Waals surface area contributed by atoms with Gasteiger partial charge >= 0.3 is 0 Å². The zero-order valence-corrected chi connectivity index (χ0v) is 16.1. The quantitative estimate of drug-likeness (QED) is 0.599. The number of benzene rings is 1. The molecular formula is C19H30F2N4O. The number of hydrogen-bond donors (Lipinski definition) is 2. The Morgan fingerprint density at radius 3 is 2.58 bits per heavy atom. The number of ether oxygens (including phenoxy) is 1. The minimum Gasteiger partial charge on any atom is -0.381 e. The summed E-state index contributed by atoms with van der Waals surface area (Å²) in [7, 11) is 4.13. The maximum Gasteiger partial charge on any atom is 0.191 e. The van der Waals surface area contributed by atoms with E-state index in [0.29, 0.717) is 24.6 Å². The summed E-state index contributed by atoms with van der Waals surface area (Å²) in [6, 6.07) is 3.30. The molecular weight excluding hydrogens is 338 g/mol. The van der Waals surface area contributed by atoms with Crippen LogP contribution in [0, 0.1) is 11.6 Å². The Labute approximate surface area is 154 Å². The van der Waals surface area contributed by atoms with E-state index in [9.17, 15) is 8.78 Å². The first-order valence-corrected chi connectivity index (χ1v) is 9.13. The smallest absolute Gasteiger partial charge is 0.191 e. The van der Waals surface area contributed by atoms with Crippen LogP contribution >= 0.6 is 0 Å². The first-order valence-electron chi connectivity index (χ1n) is 9.13. The van der Waals surface area contributed by atoms with Crippen molar-refractivity contribution >= 4 is 5.96 Å². The molecule has 1 saturated heterocycles. The van der Waals surface area contributed by atoms with E-state index in [1.54, 1.807) is 0 Å². The van der Waals surface area contributed by atoms with Crippen LogP contribution in [-0.4, -0.2) is 56.8 Å². The molecule has 0 amide bonds. The van der Waals surface area contributed by atoms with Gasteiger partial charge in [0.25, 0.3) is 0 Å². The highest BCUT2D eigenvalue weighted by atomic mass is 19.1. The fourth-order valence-corrected chi connectivity index (χ4v) is 3.18. The number of hydrogen-bond acceptors (Lipinski definition) is 3. The predicted molar refractivity (Wildman–Crippen MR) is 100 cm³/mol. The van der Waals surface area contributed by atoms with Crippen molar-refractivity contribution in [2.75, 3.05) is 40.4 Å². The highest BCUT2D eigenvalue weighted by Gasteiger charge is 2.34. The fourth-order valence-electron chi connectivity index (χ4n) is 3.18. The van der Waals surface area contributed by atoms with Gasteiger partial charge in [0.05, 0.1) is 12.6 Å². The molecule has 2 N–H and O–H groups in total. The number of nitrogens with zero attached hydrogens (tertiary/aromatic N) is 2. The van der Waals surface area contributed by atoms with Crippen LogP contribution in [0.25, 0.3) is 0 Å². The molecule has 1 atom stereocenters. The van der Waals surface area contributed by atoms with Crippen LogP contribution in [0.1, 0.15) is 38.3 Å². The van der Waals surface area contributed by atoms with Gasteiger partial charge in [0.15, 0.2) is 5.96 Å². The number of halogens is 2. The molecule has 1 aliphatic heterocycles. The van der Waals surface area contributed by atoms with Crippen molar-refractivity contribution in [3.8, 4) is 0 Å². The Bertz CT molecular complexity index is 616. The van der Waals surface area contributed by atoms with Crippen molar-refractivity contribution in [2.45, 2.75) is 38.3 Å². The molecule has 1 unspecified atom stereocenters. The zero-order valence-electron chi connectivity index (χ0n) is 16.1. The van der Waals surface area contributed by atoms with E-state index in [4.69, 9.17) is 9.73 Å². The summed E-state index contributed by atoms with van der Waals surface area (Å²) in [6.07, 6.45) is 1.84. The first-order chi connectivity index (χ1) is 12.4. The van der Waals surface area contributed by atoms with E-state index in [-0.39, 0.29) is 11.6 Å². The van der Waals surface area contributed by atoms with Crippen LogP contribution in [0.2, 0.25) is 0 Å². The Morgan fingerprint density at radius 2 is 2.00 bits per heavy atom. The van der Waals surface area contributed by atoms with Crippen molar-refractivity contribution in [3.05, 3.63) is 35.4 Å². The number of nitrogens with one attached hydrogen (secondary N) is 2. The van der Waals surface area contributed by atoms with Crippen LogP contribution in [-0.2, 0) is 4.74 Å². The fraction of sp³-hybridized carbons (Fsp3) is 0.632. The molecule has 7 heteroatoms. The van der Waals surface area contributed by atoms with Gasteiger partial charge < -0.3 is 20.3 Å². The van der Waals surface area contributed by atoms with E-state index in [1.165, 1.54) is 12.1 Å². The Balaban J connectivity index is 2.12. The standard InChI is InChI=1S/C19H30F2N4O/c1-5-22-18(23-13-19(25(3)4)8-10-26-11-9-19)24-14(2)16-7-6-15(20)12-17(16)21/h6-7,12,14H,5,8-11,13H2,1-4H3,(H2,22,23,24). The topological polar surface area (TPSA) is 48.9 Å². The van der Waals surface area contributed by atoms with Crippen LogP contribution in [0.3, 0.4) is 0 Å². The zero-order chi connectivity index (χ0) is 19.2. The van der Waals surface area contributed by atoms with Gasteiger partial charge in [-0.15, -0.1) is 0 Å². The Kier molecular flexibility index (Phi) is 7.34. The van der Waals surface area contributed by atoms with E-state index in [2.05, 4.69) is 29.6 Å². The lowest BCUT2D eigenvalue weighted by molar-refractivity contribution is -0.00255. The van der Waals surface area contributed by atoms with Gasteiger partial charge in [-0.3, -0.25) is 4.99 Å². The molecule has 0 aromatic heterocycles. The van der Waals surface area contributed by atoms with Crippen LogP contribution in [0.5, 0.6) is 0 Å². The molecule has 0 bridgehead atoms. The summed E-state index contributed by atoms with van der Waals surface area (Å²) < 4.78 is 32.6. The minimum atomic E-state index is -0.577. The molecule has 1 aromatic rings. The van der Waals surface area contributed by atoms with E-state index in [0.717, 1.165) is 32.1 Å². The van der Waals surface area contributed by atoms with Gasteiger partial charge in [-0.25, -0.2) is 8.78 Å². The van der Waals surface area contributed by atoms with Crippen LogP contribution in [0.15, 0.2) is 23.2 Å². The summed E-state index contributed by atoms with van der Waals surface area (Å²) in [5.74, 6) is -0.516. The van der Waals surface area contributed by atoms with Crippen molar-refractivity contribution in [1.29, 1.82) is 0 Å². The van der Waals surface area contributed by atoms with Gasteiger partial charge in [-0.1, -0.05) is 6.07 Å². The highest BCUT2D eigenvalue weighted by Crippen LogP contribution is 2.26. The monoisotopic (exact) mass is 368 g/mol. The molecule has 1 heterocycles. The second-order valence-electron chi connectivity index (χ2n) is 6.96. The molecule has 1 aliphatic rings. The molecule has 5 nitrogen and oxygen atoms in total. The molecule has 2 rings (SSSR count). The molecule has 1 fully saturated rings. The third-order valence-corrected chi connectivity index (χ3v) is 5.03. The minimum absolute atomic E-state index is 0.0367. The lowest BCUT2D eigenvalue weighted by Gasteiger charge is -2.41. The highest BCUT2D eigenvalue weighted by molar-refractivity contribution is 5.80. The summed E-state index contributed by atoms with van der Waals surface area (Å²) in [4.78, 5) is 6.96. The first kappa shape index (κ1) is 20.6. The van der Waals surface area contributed by atoms with Gasteiger partial charge in [0.1, 0.15) is 11.6 Å². The molecule has 1 aromatic carbocycles. The van der Waals surface area contributed by atoms with Crippen molar-refractivity contribution in [1.82, 2.24) is 15.5 Å². The molecule has 26 heavy (non-hydrogen) atoms. The van der Waals surface area contributed by atoms with Crippen molar-refractivity contribution < 1.29 is 13.5 Å². The van der Waals surface area contributed by atoms with Crippen molar-refractivity contribution in [2.24, 2.45) is 4.99 Å².